The molecular weight excluding hydrogens is 96.1 g/mol. The van der Waals surface area contributed by atoms with E-state index in [9.17, 15) is 0 Å². The summed E-state index contributed by atoms with van der Waals surface area (Å²) >= 11 is 1.22. The molecule has 1 rings (SSSR count). The van der Waals surface area contributed by atoms with Gasteiger partial charge < -0.3 is 0 Å². The van der Waals surface area contributed by atoms with Gasteiger partial charge in [0.1, 0.15) is 0 Å². The van der Waals surface area contributed by atoms with Crippen LogP contribution in [0.2, 0.25) is 0 Å². The quantitative estimate of drug-likeness (QED) is 0.493. The van der Waals surface area contributed by atoms with Crippen LogP contribution in [0.25, 0.3) is 0 Å². The van der Waals surface area contributed by atoms with Gasteiger partial charge in [-0.25, -0.2) is 4.72 Å². The molecule has 3 N–H and O–H groups in total. The van der Waals surface area contributed by atoms with Crippen molar-refractivity contribution in [2.45, 2.75) is 18.9 Å². The van der Waals surface area contributed by atoms with Gasteiger partial charge in [-0.3, -0.25) is 5.14 Å². The van der Waals surface area contributed by atoms with E-state index in [1.165, 1.54) is 25.0 Å². The van der Waals surface area contributed by atoms with Crippen molar-refractivity contribution in [1.29, 1.82) is 0 Å². The molecule has 0 aliphatic heterocycles. The van der Waals surface area contributed by atoms with Crippen LogP contribution in [0.4, 0.5) is 0 Å². The lowest BCUT2D eigenvalue weighted by atomic mass is 10.8. The third-order valence-electron chi connectivity index (χ3n) is 0.812. The van der Waals surface area contributed by atoms with E-state index < -0.39 is 0 Å². The summed E-state index contributed by atoms with van der Waals surface area (Å²) in [6, 6.07) is 0.736. The van der Waals surface area contributed by atoms with Gasteiger partial charge in [0.25, 0.3) is 0 Å². The van der Waals surface area contributed by atoms with Crippen LogP contribution in [-0.2, 0) is 0 Å². The Balaban J connectivity index is 1.88. The lowest BCUT2D eigenvalue weighted by molar-refractivity contribution is 0.972. The maximum absolute atomic E-state index is 5.08. The molecule has 0 spiro atoms. The molecule has 0 atom stereocenters. The van der Waals surface area contributed by atoms with Crippen molar-refractivity contribution < 1.29 is 0 Å². The van der Waals surface area contributed by atoms with E-state index in [4.69, 9.17) is 5.14 Å². The normalized spacial score (nSPS) is 21.5. The maximum Gasteiger partial charge on any atom is 0.0184 e. The highest BCUT2D eigenvalue weighted by Gasteiger charge is 2.19. The highest BCUT2D eigenvalue weighted by molar-refractivity contribution is 7.95. The first kappa shape index (κ1) is 4.43. The molecule has 6 heavy (non-hydrogen) atoms. The molecule has 0 bridgehead atoms. The minimum atomic E-state index is 0.736. The molecule has 2 nitrogen and oxygen atoms in total. The Morgan fingerprint density at radius 3 is 2.50 bits per heavy atom. The van der Waals surface area contributed by atoms with Gasteiger partial charge in [-0.05, 0) is 12.8 Å². The second-order valence-electron chi connectivity index (χ2n) is 1.51. The van der Waals surface area contributed by atoms with Crippen molar-refractivity contribution in [2.75, 3.05) is 0 Å². The predicted molar refractivity (Wildman–Crippen MR) is 27.9 cm³/mol. The van der Waals surface area contributed by atoms with E-state index in [1.54, 1.807) is 0 Å². The molecule has 0 radical (unpaired) electrons. The van der Waals surface area contributed by atoms with Gasteiger partial charge in [0.05, 0.1) is 0 Å². The number of nitrogens with one attached hydrogen (secondary N) is 1. The zero-order chi connectivity index (χ0) is 4.41. The Morgan fingerprint density at radius 2 is 2.33 bits per heavy atom. The fraction of sp³-hybridized carbons (Fsp3) is 1.00. The first-order valence-electron chi connectivity index (χ1n) is 2.04. The molecule has 3 heteroatoms. The van der Waals surface area contributed by atoms with Gasteiger partial charge in [-0.2, -0.15) is 0 Å². The Morgan fingerprint density at radius 1 is 1.67 bits per heavy atom. The summed E-state index contributed by atoms with van der Waals surface area (Å²) in [6.07, 6.45) is 2.62. The van der Waals surface area contributed by atoms with Gasteiger partial charge in [0.2, 0.25) is 0 Å². The zero-order valence-electron chi connectivity index (χ0n) is 3.48. The van der Waals surface area contributed by atoms with Crippen LogP contribution in [0.5, 0.6) is 0 Å². The van der Waals surface area contributed by atoms with Gasteiger partial charge in [-0.15, -0.1) is 0 Å². The van der Waals surface area contributed by atoms with Gasteiger partial charge in [-0.1, -0.05) is 0 Å². The van der Waals surface area contributed by atoms with Crippen molar-refractivity contribution in [3.63, 3.8) is 0 Å². The SMILES string of the molecule is NSNC1CC1. The van der Waals surface area contributed by atoms with Crippen LogP contribution in [-0.4, -0.2) is 6.04 Å². The molecule has 0 unspecified atom stereocenters. The Bertz CT molecular complexity index is 44.1. The number of nitrogens with two attached hydrogens (primary N) is 1. The van der Waals surface area contributed by atoms with Gasteiger partial charge in [0.15, 0.2) is 0 Å². The van der Waals surface area contributed by atoms with E-state index in [0.717, 1.165) is 6.04 Å². The van der Waals surface area contributed by atoms with E-state index in [2.05, 4.69) is 4.72 Å². The minimum Gasteiger partial charge on any atom is -0.264 e. The Hall–Kier alpha value is 0.270. The highest BCUT2D eigenvalue weighted by Crippen LogP contribution is 2.19. The molecule has 1 aliphatic rings. The third-order valence-corrected chi connectivity index (χ3v) is 1.28. The fourth-order valence-electron chi connectivity index (χ4n) is 0.297. The summed E-state index contributed by atoms with van der Waals surface area (Å²) in [5.74, 6) is 0. The van der Waals surface area contributed by atoms with Crippen LogP contribution < -0.4 is 9.86 Å². The van der Waals surface area contributed by atoms with E-state index in [-0.39, 0.29) is 0 Å². The molecule has 0 amide bonds. The monoisotopic (exact) mass is 104 g/mol. The molecule has 1 fully saturated rings. The topological polar surface area (TPSA) is 38.0 Å². The lowest BCUT2D eigenvalue weighted by Crippen LogP contribution is -2.07. The second-order valence-corrected chi connectivity index (χ2v) is 1.98. The molecule has 0 aromatic rings. The average molecular weight is 104 g/mol. The summed E-state index contributed by atoms with van der Waals surface area (Å²) in [7, 11) is 0. The van der Waals surface area contributed by atoms with Crippen LogP contribution in [0, 0.1) is 0 Å². The number of hydrogen-bond acceptors (Lipinski definition) is 3. The molecule has 36 valence electrons. The van der Waals surface area contributed by atoms with Crippen LogP contribution in [0.1, 0.15) is 12.8 Å². The van der Waals surface area contributed by atoms with Crippen LogP contribution >= 0.6 is 12.1 Å². The third kappa shape index (κ3) is 1.16. The highest BCUT2D eigenvalue weighted by atomic mass is 32.2. The van der Waals surface area contributed by atoms with E-state index >= 15 is 0 Å². The minimum absolute atomic E-state index is 0.736. The molecule has 1 aliphatic carbocycles. The summed E-state index contributed by atoms with van der Waals surface area (Å²) in [5, 5.41) is 5.08. The lowest BCUT2D eigenvalue weighted by Gasteiger charge is -1.88. The molecule has 0 aromatic carbocycles. The van der Waals surface area contributed by atoms with Crippen molar-refractivity contribution in [2.24, 2.45) is 5.14 Å². The van der Waals surface area contributed by atoms with E-state index in [0.29, 0.717) is 0 Å². The number of hydrogen-bond donors (Lipinski definition) is 2. The molecule has 1 saturated carbocycles. The van der Waals surface area contributed by atoms with Crippen molar-refractivity contribution in [3.05, 3.63) is 0 Å². The molecular formula is C3H8N2S. The van der Waals surface area contributed by atoms with Crippen LogP contribution in [0.3, 0.4) is 0 Å². The summed E-state index contributed by atoms with van der Waals surface area (Å²) < 4.78 is 3.01. The standard InChI is InChI=1S/C3H8N2S/c4-6-5-3-1-2-3/h3,5H,1-2,4H2. The predicted octanol–water partition coefficient (Wildman–Crippen LogP) is 0.260. The van der Waals surface area contributed by atoms with E-state index in [1.807, 2.05) is 0 Å². The summed E-state index contributed by atoms with van der Waals surface area (Å²) in [5.41, 5.74) is 0. The smallest absolute Gasteiger partial charge is 0.0184 e. The second kappa shape index (κ2) is 1.82. The van der Waals surface area contributed by atoms with Gasteiger partial charge >= 0.3 is 0 Å². The average Bonchev–Trinajstić information content (AvgIpc) is 2.21. The Kier molecular flexibility index (Phi) is 1.34. The van der Waals surface area contributed by atoms with Crippen molar-refractivity contribution in [1.82, 2.24) is 4.72 Å². The molecule has 0 heterocycles. The van der Waals surface area contributed by atoms with Crippen molar-refractivity contribution in [3.8, 4) is 0 Å². The number of rotatable bonds is 2. The van der Waals surface area contributed by atoms with Crippen molar-refractivity contribution >= 4 is 12.1 Å². The fourth-order valence-corrected chi connectivity index (χ4v) is 0.726. The largest absolute Gasteiger partial charge is 0.264 e. The summed E-state index contributed by atoms with van der Waals surface area (Å²) in [6.45, 7) is 0. The first-order chi connectivity index (χ1) is 2.93. The maximum atomic E-state index is 5.08. The molecule has 0 aromatic heterocycles. The van der Waals surface area contributed by atoms with Gasteiger partial charge in [0, 0.05) is 18.2 Å². The zero-order valence-corrected chi connectivity index (χ0v) is 4.29. The first-order valence-corrected chi connectivity index (χ1v) is 2.92. The molecule has 0 saturated heterocycles. The Labute approximate surface area is 41.7 Å². The summed E-state index contributed by atoms with van der Waals surface area (Å²) in [4.78, 5) is 0. The van der Waals surface area contributed by atoms with Crippen LogP contribution in [0.15, 0.2) is 0 Å².